The largest absolute Gasteiger partial charge is 0.488 e. The van der Waals surface area contributed by atoms with Crippen molar-refractivity contribution in [3.8, 4) is 5.75 Å². The van der Waals surface area contributed by atoms with Crippen molar-refractivity contribution < 1.29 is 17.9 Å². The molecular weight excluding hydrogens is 450 g/mol. The topological polar surface area (TPSA) is 71.9 Å². The Balaban J connectivity index is 1.41. The van der Waals surface area contributed by atoms with Crippen LogP contribution in [0.15, 0.2) is 71.9 Å². The number of carbonyl (C=O) groups is 1. The van der Waals surface area contributed by atoms with Crippen molar-refractivity contribution in [2.75, 3.05) is 26.2 Å². The maximum atomic E-state index is 13.2. The Morgan fingerprint density at radius 1 is 1.00 bits per heavy atom. The second kappa shape index (κ2) is 9.36. The van der Waals surface area contributed by atoms with E-state index in [-0.39, 0.29) is 23.9 Å². The van der Waals surface area contributed by atoms with Crippen LogP contribution < -0.4 is 4.74 Å². The second-order valence-electron chi connectivity index (χ2n) is 7.62. The molecule has 0 unspecified atom stereocenters. The van der Waals surface area contributed by atoms with Gasteiger partial charge in [-0.3, -0.25) is 4.79 Å². The van der Waals surface area contributed by atoms with Gasteiger partial charge in [0.25, 0.3) is 5.91 Å². The summed E-state index contributed by atoms with van der Waals surface area (Å²) in [6, 6.07) is 16.0. The molecule has 168 valence electrons. The third-order valence-electron chi connectivity index (χ3n) is 5.39. The molecule has 32 heavy (non-hydrogen) atoms. The van der Waals surface area contributed by atoms with Crippen LogP contribution >= 0.6 is 11.6 Å². The van der Waals surface area contributed by atoms with Crippen LogP contribution in [0, 0.1) is 0 Å². The lowest BCUT2D eigenvalue weighted by atomic mass is 10.1. The molecule has 0 atom stereocenters. The summed E-state index contributed by atoms with van der Waals surface area (Å²) in [6.45, 7) is 1.44. The number of aromatic nitrogens is 1. The van der Waals surface area contributed by atoms with Gasteiger partial charge in [-0.2, -0.15) is 4.31 Å². The van der Waals surface area contributed by atoms with Crippen molar-refractivity contribution in [3.63, 3.8) is 0 Å². The highest BCUT2D eigenvalue weighted by atomic mass is 35.5. The van der Waals surface area contributed by atoms with Crippen molar-refractivity contribution >= 4 is 27.5 Å². The predicted molar refractivity (Wildman–Crippen MR) is 122 cm³/mol. The molecule has 1 saturated heterocycles. The number of para-hydroxylation sites is 1. The predicted octanol–water partition coefficient (Wildman–Crippen LogP) is 3.40. The van der Waals surface area contributed by atoms with Gasteiger partial charge < -0.3 is 14.2 Å². The summed E-state index contributed by atoms with van der Waals surface area (Å²) in [6.07, 6.45) is 3.29. The van der Waals surface area contributed by atoms with Gasteiger partial charge in [0, 0.05) is 50.6 Å². The molecule has 0 N–H and O–H groups in total. The number of nitrogens with zero attached hydrogens (tertiary/aromatic N) is 3. The van der Waals surface area contributed by atoms with Gasteiger partial charge in [0.15, 0.2) is 0 Å². The van der Waals surface area contributed by atoms with Crippen LogP contribution in [0.5, 0.6) is 5.75 Å². The lowest BCUT2D eigenvalue weighted by molar-refractivity contribution is 0.0693. The maximum Gasteiger partial charge on any atom is 0.257 e. The van der Waals surface area contributed by atoms with E-state index in [2.05, 4.69) is 0 Å². The Hall–Kier alpha value is -2.81. The van der Waals surface area contributed by atoms with Crippen LogP contribution in [0.3, 0.4) is 0 Å². The zero-order valence-electron chi connectivity index (χ0n) is 17.6. The minimum Gasteiger partial charge on any atom is -0.488 e. The normalized spacial score (nSPS) is 15.0. The highest BCUT2D eigenvalue weighted by Gasteiger charge is 2.31. The molecular formula is C23H24ClN3O4S. The number of halogens is 1. The number of piperazine rings is 1. The molecule has 1 aromatic heterocycles. The first-order valence-corrected chi connectivity index (χ1v) is 12.0. The molecule has 9 heteroatoms. The van der Waals surface area contributed by atoms with E-state index in [1.54, 1.807) is 65.3 Å². The minimum absolute atomic E-state index is 0.173. The Bertz CT molecular complexity index is 1200. The van der Waals surface area contributed by atoms with Gasteiger partial charge in [0.2, 0.25) is 10.0 Å². The first-order valence-electron chi connectivity index (χ1n) is 10.2. The lowest BCUT2D eigenvalue weighted by Crippen LogP contribution is -2.50. The summed E-state index contributed by atoms with van der Waals surface area (Å²) in [7, 11) is -1.79. The molecule has 1 aliphatic heterocycles. The van der Waals surface area contributed by atoms with Crippen molar-refractivity contribution in [2.45, 2.75) is 11.5 Å². The van der Waals surface area contributed by atoms with Gasteiger partial charge in [0.05, 0.1) is 10.5 Å². The summed E-state index contributed by atoms with van der Waals surface area (Å²) in [4.78, 5) is 15.1. The lowest BCUT2D eigenvalue weighted by Gasteiger charge is -2.34. The van der Waals surface area contributed by atoms with Gasteiger partial charge in [-0.25, -0.2) is 8.42 Å². The maximum absolute atomic E-state index is 13.2. The fourth-order valence-electron chi connectivity index (χ4n) is 3.59. The van der Waals surface area contributed by atoms with Gasteiger partial charge in [-0.15, -0.1) is 0 Å². The zero-order valence-corrected chi connectivity index (χ0v) is 19.2. The van der Waals surface area contributed by atoms with E-state index in [0.717, 1.165) is 5.56 Å². The highest BCUT2D eigenvalue weighted by molar-refractivity contribution is 7.89. The average Bonchev–Trinajstić information content (AvgIpc) is 3.26. The Kier molecular flexibility index (Phi) is 6.55. The Labute approximate surface area is 192 Å². The first-order chi connectivity index (χ1) is 15.3. The summed E-state index contributed by atoms with van der Waals surface area (Å²) in [5.41, 5.74) is 1.40. The molecule has 0 spiro atoms. The number of benzene rings is 2. The molecule has 0 radical (unpaired) electrons. The van der Waals surface area contributed by atoms with Crippen LogP contribution in [-0.4, -0.2) is 54.3 Å². The van der Waals surface area contributed by atoms with Gasteiger partial charge in [-0.05, 0) is 35.9 Å². The molecule has 1 aliphatic rings. The number of sulfonamides is 1. The third-order valence-corrected chi connectivity index (χ3v) is 7.53. The molecule has 7 nitrogen and oxygen atoms in total. The van der Waals surface area contributed by atoms with Crippen molar-refractivity contribution in [1.82, 2.24) is 13.8 Å². The fourth-order valence-corrected chi connectivity index (χ4v) is 5.19. The van der Waals surface area contributed by atoms with Gasteiger partial charge in [-0.1, -0.05) is 35.9 Å². The van der Waals surface area contributed by atoms with Gasteiger partial charge in [0.1, 0.15) is 12.4 Å². The monoisotopic (exact) mass is 473 g/mol. The van der Waals surface area contributed by atoms with E-state index >= 15 is 0 Å². The first kappa shape index (κ1) is 22.4. The molecule has 4 rings (SSSR count). The molecule has 0 bridgehead atoms. The van der Waals surface area contributed by atoms with Gasteiger partial charge >= 0.3 is 0 Å². The number of amides is 1. The van der Waals surface area contributed by atoms with Crippen molar-refractivity contribution in [1.29, 1.82) is 0 Å². The SMILES string of the molecule is Cn1ccc(S(=O)(=O)N2CCN(C(=O)c3ccccc3OCc3ccc(Cl)cc3)CC2)c1. The number of aryl methyl sites for hydroxylation is 1. The molecule has 1 amide bonds. The van der Waals surface area contributed by atoms with E-state index in [9.17, 15) is 13.2 Å². The second-order valence-corrected chi connectivity index (χ2v) is 9.99. The fraction of sp³-hybridized carbons (Fsp3) is 0.261. The Morgan fingerprint density at radius 3 is 2.34 bits per heavy atom. The Morgan fingerprint density at radius 2 is 1.69 bits per heavy atom. The van der Waals surface area contributed by atoms with E-state index < -0.39 is 10.0 Å². The van der Waals surface area contributed by atoms with E-state index in [4.69, 9.17) is 16.3 Å². The summed E-state index contributed by atoms with van der Waals surface area (Å²) >= 11 is 5.92. The number of carbonyl (C=O) groups excluding carboxylic acids is 1. The molecule has 3 aromatic rings. The van der Waals surface area contributed by atoms with E-state index in [1.807, 2.05) is 18.2 Å². The summed E-state index contributed by atoms with van der Waals surface area (Å²) in [5.74, 6) is 0.320. The van der Waals surface area contributed by atoms with E-state index in [1.165, 1.54) is 4.31 Å². The number of hydrogen-bond acceptors (Lipinski definition) is 4. The smallest absolute Gasteiger partial charge is 0.257 e. The third kappa shape index (κ3) is 4.82. The standard InChI is InChI=1S/C23H24ClN3O4S/c1-25-11-10-20(16-25)32(29,30)27-14-12-26(13-15-27)23(28)21-4-2-3-5-22(21)31-17-18-6-8-19(24)9-7-18/h2-11,16H,12-15,17H2,1H3. The summed E-state index contributed by atoms with van der Waals surface area (Å²) < 4.78 is 34.7. The van der Waals surface area contributed by atoms with Crippen LogP contribution in [0.2, 0.25) is 5.02 Å². The van der Waals surface area contributed by atoms with Crippen LogP contribution in [0.25, 0.3) is 0 Å². The molecule has 1 fully saturated rings. The van der Waals surface area contributed by atoms with Crippen LogP contribution in [-0.2, 0) is 23.7 Å². The van der Waals surface area contributed by atoms with Crippen LogP contribution in [0.4, 0.5) is 0 Å². The molecule has 2 heterocycles. The quantitative estimate of drug-likeness (QED) is 0.550. The highest BCUT2D eigenvalue weighted by Crippen LogP contribution is 2.24. The van der Waals surface area contributed by atoms with Crippen molar-refractivity contribution in [3.05, 3.63) is 83.1 Å². The molecule has 0 saturated carbocycles. The van der Waals surface area contributed by atoms with E-state index in [0.29, 0.717) is 36.0 Å². The number of rotatable bonds is 6. The summed E-state index contributed by atoms with van der Waals surface area (Å²) in [5, 5.41) is 0.651. The minimum atomic E-state index is -3.57. The number of hydrogen-bond donors (Lipinski definition) is 0. The average molecular weight is 474 g/mol. The number of ether oxygens (including phenoxy) is 1. The zero-order chi connectivity index (χ0) is 22.7. The van der Waals surface area contributed by atoms with Crippen molar-refractivity contribution in [2.24, 2.45) is 7.05 Å². The molecule has 2 aromatic carbocycles. The van der Waals surface area contributed by atoms with Crippen LogP contribution in [0.1, 0.15) is 15.9 Å². The molecule has 0 aliphatic carbocycles.